The van der Waals surface area contributed by atoms with E-state index < -0.39 is 10.1 Å². The van der Waals surface area contributed by atoms with E-state index in [0.717, 1.165) is 82.1 Å². The Kier molecular flexibility index (Phi) is 8.65. The third-order valence-corrected chi connectivity index (χ3v) is 8.14. The van der Waals surface area contributed by atoms with Crippen LogP contribution in [0.25, 0.3) is 33.1 Å². The first-order valence-corrected chi connectivity index (χ1v) is 16.5. The van der Waals surface area contributed by atoms with Crippen LogP contribution in [0.1, 0.15) is 30.4 Å². The number of nitrogens with one attached hydrogen (secondary N) is 2. The maximum atomic E-state index is 11.4. The van der Waals surface area contributed by atoms with Gasteiger partial charge in [-0.3, -0.25) is 9.17 Å². The van der Waals surface area contributed by atoms with Crippen LogP contribution in [0.3, 0.4) is 0 Å². The van der Waals surface area contributed by atoms with Gasteiger partial charge in [0, 0.05) is 50.4 Å². The van der Waals surface area contributed by atoms with Crippen molar-refractivity contribution in [1.29, 1.82) is 0 Å². The number of hydrogen-bond acceptors (Lipinski definition) is 10. The summed E-state index contributed by atoms with van der Waals surface area (Å²) >= 11 is 0. The first-order valence-electron chi connectivity index (χ1n) is 14.6. The van der Waals surface area contributed by atoms with Crippen LogP contribution < -0.4 is 15.4 Å². The second kappa shape index (κ2) is 12.8. The van der Waals surface area contributed by atoms with Gasteiger partial charge in [0.25, 0.3) is 10.1 Å². The quantitative estimate of drug-likeness (QED) is 0.190. The molecule has 5 aromatic rings. The highest BCUT2D eigenvalue weighted by Gasteiger charge is 2.19. The molecule has 0 bridgehead atoms. The van der Waals surface area contributed by atoms with E-state index in [1.54, 1.807) is 13.2 Å². The summed E-state index contributed by atoms with van der Waals surface area (Å²) in [4.78, 5) is 14.1. The molecule has 0 radical (unpaired) electrons. The van der Waals surface area contributed by atoms with E-state index in [4.69, 9.17) is 23.6 Å². The molecule has 0 amide bonds. The Balaban J connectivity index is 1.30. The fourth-order valence-electron chi connectivity index (χ4n) is 5.39. The minimum Gasteiger partial charge on any atom is -0.465 e. The number of fused-ring (bicyclic) bond motifs is 2. The van der Waals surface area contributed by atoms with Gasteiger partial charge in [0.15, 0.2) is 6.29 Å². The lowest BCUT2D eigenvalue weighted by Crippen LogP contribution is -2.25. The minimum atomic E-state index is -3.49. The lowest BCUT2D eigenvalue weighted by molar-refractivity contribution is -0.105. The Morgan fingerprint density at radius 3 is 2.77 bits per heavy atom. The zero-order valence-corrected chi connectivity index (χ0v) is 25.9. The van der Waals surface area contributed by atoms with Gasteiger partial charge >= 0.3 is 0 Å². The predicted octanol–water partition coefficient (Wildman–Crippen LogP) is 5.26. The molecule has 12 heteroatoms. The SMILES string of the molecule is CNc1nc(NCc2cccc(OC3CCCCO3)c2)c2c(-c3ccc4ncc(CCOS(C)(=O)=O)cc4c3)cn(C)c2n1. The zero-order chi connectivity index (χ0) is 30.7. The first kappa shape index (κ1) is 29.8. The summed E-state index contributed by atoms with van der Waals surface area (Å²) in [6.07, 6.45) is 8.17. The van der Waals surface area contributed by atoms with Gasteiger partial charge in [-0.15, -0.1) is 0 Å². The largest absolute Gasteiger partial charge is 0.465 e. The van der Waals surface area contributed by atoms with Crippen molar-refractivity contribution in [3.05, 3.63) is 72.1 Å². The average molecular weight is 617 g/mol. The Hall–Kier alpha value is -4.26. The zero-order valence-electron chi connectivity index (χ0n) is 25.0. The molecule has 1 atom stereocenters. The van der Waals surface area contributed by atoms with Crippen molar-refractivity contribution in [2.75, 3.05) is 37.2 Å². The standard InChI is InChI=1S/C32H36N6O5S/c1-33-32-36-30(35-19-21-7-6-8-25(16-21)43-28-9-4-5-13-41-28)29-26(20-38(2)31(29)37-32)23-10-11-27-24(17-23)15-22(18-34-27)12-14-42-44(3,39)40/h6-8,10-11,15-18,20,28H,4-5,9,12-14,19H2,1-3H3,(H2,33,35,36,37). The van der Waals surface area contributed by atoms with E-state index in [0.29, 0.717) is 24.7 Å². The third kappa shape index (κ3) is 6.93. The third-order valence-electron chi connectivity index (χ3n) is 7.54. The molecule has 3 aromatic heterocycles. The molecule has 1 unspecified atom stereocenters. The monoisotopic (exact) mass is 616 g/mol. The molecule has 0 aliphatic carbocycles. The number of benzene rings is 2. The van der Waals surface area contributed by atoms with Crippen LogP contribution in [0.15, 0.2) is 60.9 Å². The fourth-order valence-corrected chi connectivity index (χ4v) is 5.78. The lowest BCUT2D eigenvalue weighted by Gasteiger charge is -2.23. The van der Waals surface area contributed by atoms with Gasteiger partial charge in [0.05, 0.1) is 30.4 Å². The van der Waals surface area contributed by atoms with Crippen LogP contribution in [-0.4, -0.2) is 60.7 Å². The van der Waals surface area contributed by atoms with Crippen molar-refractivity contribution in [2.24, 2.45) is 7.05 Å². The summed E-state index contributed by atoms with van der Waals surface area (Å²) in [6, 6.07) is 16.2. The number of aromatic nitrogens is 4. The molecule has 1 aliphatic heterocycles. The molecule has 0 spiro atoms. The normalized spacial score (nSPS) is 15.5. The number of aryl methyl sites for hydroxylation is 1. The predicted molar refractivity (Wildman–Crippen MR) is 171 cm³/mol. The maximum absolute atomic E-state index is 11.4. The average Bonchev–Trinajstić information content (AvgIpc) is 3.35. The van der Waals surface area contributed by atoms with Crippen LogP contribution >= 0.6 is 0 Å². The molecule has 44 heavy (non-hydrogen) atoms. The lowest BCUT2D eigenvalue weighted by atomic mass is 10.0. The van der Waals surface area contributed by atoms with Gasteiger partial charge in [0.2, 0.25) is 5.95 Å². The number of anilines is 2. The molecule has 2 aromatic carbocycles. The summed E-state index contributed by atoms with van der Waals surface area (Å²) in [5.41, 5.74) is 5.54. The van der Waals surface area contributed by atoms with E-state index in [1.165, 1.54) is 0 Å². The molecule has 1 aliphatic rings. The molecule has 1 saturated heterocycles. The molecule has 4 heterocycles. The van der Waals surface area contributed by atoms with E-state index >= 15 is 0 Å². The van der Waals surface area contributed by atoms with Crippen molar-refractivity contribution in [3.8, 4) is 16.9 Å². The first-order chi connectivity index (χ1) is 21.3. The van der Waals surface area contributed by atoms with E-state index in [2.05, 4.69) is 33.9 Å². The van der Waals surface area contributed by atoms with Crippen LogP contribution in [0.2, 0.25) is 0 Å². The minimum absolute atomic E-state index is 0.0680. The van der Waals surface area contributed by atoms with Gasteiger partial charge < -0.3 is 24.7 Å². The Bertz CT molecular complexity index is 1900. The number of ether oxygens (including phenoxy) is 2. The van der Waals surface area contributed by atoms with Gasteiger partial charge in [-0.2, -0.15) is 18.4 Å². The summed E-state index contributed by atoms with van der Waals surface area (Å²) in [7, 11) is 0.280. The van der Waals surface area contributed by atoms with Crippen LogP contribution in [-0.2, 0) is 39.1 Å². The number of nitrogens with zero attached hydrogens (tertiary/aromatic N) is 4. The number of hydrogen-bond donors (Lipinski definition) is 2. The molecule has 0 saturated carbocycles. The maximum Gasteiger partial charge on any atom is 0.264 e. The highest BCUT2D eigenvalue weighted by atomic mass is 32.2. The summed E-state index contributed by atoms with van der Waals surface area (Å²) < 4.78 is 41.5. The van der Waals surface area contributed by atoms with Crippen molar-refractivity contribution in [3.63, 3.8) is 0 Å². The Morgan fingerprint density at radius 1 is 1.09 bits per heavy atom. The van der Waals surface area contributed by atoms with Crippen LogP contribution in [0, 0.1) is 0 Å². The van der Waals surface area contributed by atoms with E-state index in [1.807, 2.05) is 48.0 Å². The Labute approximate surface area is 256 Å². The molecule has 11 nitrogen and oxygen atoms in total. The molecular weight excluding hydrogens is 580 g/mol. The number of rotatable bonds is 11. The number of pyridine rings is 1. The summed E-state index contributed by atoms with van der Waals surface area (Å²) in [5, 5.41) is 8.47. The van der Waals surface area contributed by atoms with Crippen molar-refractivity contribution in [2.45, 2.75) is 38.5 Å². The van der Waals surface area contributed by atoms with E-state index in [-0.39, 0.29) is 12.9 Å². The van der Waals surface area contributed by atoms with Crippen LogP contribution in [0.4, 0.5) is 11.8 Å². The summed E-state index contributed by atoms with van der Waals surface area (Å²) in [5.74, 6) is 2.01. The van der Waals surface area contributed by atoms with Gasteiger partial charge in [-0.1, -0.05) is 18.2 Å². The highest BCUT2D eigenvalue weighted by molar-refractivity contribution is 7.85. The topological polar surface area (TPSA) is 129 Å². The van der Waals surface area contributed by atoms with Crippen LogP contribution in [0.5, 0.6) is 5.75 Å². The van der Waals surface area contributed by atoms with Crippen molar-refractivity contribution >= 4 is 43.8 Å². The fraction of sp³-hybridized carbons (Fsp3) is 0.344. The molecule has 2 N–H and O–H groups in total. The van der Waals surface area contributed by atoms with Crippen molar-refractivity contribution < 1.29 is 22.1 Å². The highest BCUT2D eigenvalue weighted by Crippen LogP contribution is 2.36. The van der Waals surface area contributed by atoms with Gasteiger partial charge in [-0.05, 0) is 66.3 Å². The molecule has 6 rings (SSSR count). The molecule has 230 valence electrons. The second-order valence-corrected chi connectivity index (χ2v) is 12.6. The molecular formula is C32H36N6O5S. The Morgan fingerprint density at radius 2 is 1.98 bits per heavy atom. The van der Waals surface area contributed by atoms with Gasteiger partial charge in [-0.25, -0.2) is 0 Å². The van der Waals surface area contributed by atoms with E-state index in [9.17, 15) is 8.42 Å². The second-order valence-electron chi connectivity index (χ2n) is 10.9. The summed E-state index contributed by atoms with van der Waals surface area (Å²) in [6.45, 7) is 1.34. The van der Waals surface area contributed by atoms with Crippen molar-refractivity contribution in [1.82, 2.24) is 19.5 Å². The smallest absolute Gasteiger partial charge is 0.264 e. The van der Waals surface area contributed by atoms with Gasteiger partial charge in [0.1, 0.15) is 17.2 Å². The molecule has 1 fully saturated rings.